The van der Waals surface area contributed by atoms with Gasteiger partial charge in [-0.2, -0.15) is 0 Å². The van der Waals surface area contributed by atoms with Crippen molar-refractivity contribution in [2.75, 3.05) is 24.6 Å². The minimum Gasteiger partial charge on any atom is -0.398 e. The largest absolute Gasteiger partial charge is 0.398 e. The summed E-state index contributed by atoms with van der Waals surface area (Å²) in [6, 6.07) is 9.13. The van der Waals surface area contributed by atoms with Crippen LogP contribution in [0.1, 0.15) is 23.6 Å². The van der Waals surface area contributed by atoms with E-state index in [1.165, 1.54) is 0 Å². The first kappa shape index (κ1) is 25.0. The van der Waals surface area contributed by atoms with Crippen LogP contribution in [0.15, 0.2) is 82.9 Å². The molecule has 0 saturated heterocycles. The highest BCUT2D eigenvalue weighted by Crippen LogP contribution is 2.32. The van der Waals surface area contributed by atoms with Gasteiger partial charge in [-0.05, 0) is 43.7 Å². The molecule has 0 atom stereocenters. The van der Waals surface area contributed by atoms with Crippen molar-refractivity contribution in [3.63, 3.8) is 0 Å². The normalized spacial score (nSPS) is 14.5. The number of nitrogens with one attached hydrogen (secondary N) is 2. The topological polar surface area (TPSA) is 160 Å². The molecule has 8 N–H and O–H groups in total. The van der Waals surface area contributed by atoms with E-state index in [0.717, 1.165) is 23.0 Å². The van der Waals surface area contributed by atoms with E-state index in [9.17, 15) is 4.79 Å². The van der Waals surface area contributed by atoms with Crippen LogP contribution in [-0.2, 0) is 4.79 Å². The van der Waals surface area contributed by atoms with E-state index < -0.39 is 5.91 Å². The Balaban J connectivity index is 2.20. The van der Waals surface area contributed by atoms with Gasteiger partial charge in [0.2, 0.25) is 5.91 Å². The first-order chi connectivity index (χ1) is 16.6. The zero-order chi connectivity index (χ0) is 25.7. The van der Waals surface area contributed by atoms with Crippen LogP contribution in [0, 0.1) is 12.3 Å². The standard InChI is InChI=1S/C26H30N8O/c1-15-8-9-20(28)18(13-27)23(15)25(24(29)16(2)26(30)35)32-17(3)19-14-34(4)12-10-21(19)33-22-7-5-6-11-31-22/h5-11,13-14,27H,2,12,28-29H2,1,3-4H3,(H2,30,35)(H,31,33)/b25-24+,27-13?,32-17?. The van der Waals surface area contributed by atoms with E-state index in [-0.39, 0.29) is 17.0 Å². The molecule has 2 aromatic rings. The molecule has 1 aromatic heterocycles. The minimum atomic E-state index is -0.764. The van der Waals surface area contributed by atoms with Gasteiger partial charge in [0.05, 0.1) is 17.0 Å². The number of nitrogen functional groups attached to an aromatic ring is 1. The number of anilines is 2. The molecule has 1 amide bonds. The Kier molecular flexibility index (Phi) is 7.50. The number of amides is 1. The number of hydrogen-bond acceptors (Lipinski definition) is 8. The van der Waals surface area contributed by atoms with Crippen molar-refractivity contribution in [1.82, 2.24) is 9.88 Å². The van der Waals surface area contributed by atoms with Crippen LogP contribution in [0.25, 0.3) is 5.70 Å². The number of benzene rings is 1. The second-order valence-electron chi connectivity index (χ2n) is 8.15. The summed E-state index contributed by atoms with van der Waals surface area (Å²) in [5.41, 5.74) is 22.6. The Morgan fingerprint density at radius 2 is 2.03 bits per heavy atom. The molecule has 35 heavy (non-hydrogen) atoms. The molecule has 3 rings (SSSR count). The Hall–Kier alpha value is -4.66. The third-order valence-electron chi connectivity index (χ3n) is 5.57. The van der Waals surface area contributed by atoms with E-state index in [1.54, 1.807) is 12.3 Å². The lowest BCUT2D eigenvalue weighted by Crippen LogP contribution is -2.23. The zero-order valence-electron chi connectivity index (χ0n) is 20.1. The number of primary amides is 1. The molecule has 0 spiro atoms. The maximum Gasteiger partial charge on any atom is 0.250 e. The maximum absolute atomic E-state index is 11.9. The first-order valence-electron chi connectivity index (χ1n) is 10.9. The van der Waals surface area contributed by atoms with Gasteiger partial charge in [0.15, 0.2) is 0 Å². The minimum absolute atomic E-state index is 0.0154. The predicted octanol–water partition coefficient (Wildman–Crippen LogP) is 2.92. The summed E-state index contributed by atoms with van der Waals surface area (Å²) >= 11 is 0. The smallest absolute Gasteiger partial charge is 0.250 e. The van der Waals surface area contributed by atoms with Gasteiger partial charge in [0.25, 0.3) is 0 Å². The Morgan fingerprint density at radius 1 is 1.29 bits per heavy atom. The molecule has 0 aliphatic carbocycles. The molecule has 9 heteroatoms. The zero-order valence-corrected chi connectivity index (χ0v) is 20.1. The van der Waals surface area contributed by atoms with Crippen LogP contribution in [0.4, 0.5) is 11.5 Å². The molecule has 9 nitrogen and oxygen atoms in total. The summed E-state index contributed by atoms with van der Waals surface area (Å²) in [4.78, 5) is 23.1. The number of rotatable bonds is 8. The van der Waals surface area contributed by atoms with E-state index in [4.69, 9.17) is 27.6 Å². The summed E-state index contributed by atoms with van der Waals surface area (Å²) in [7, 11) is 1.95. The van der Waals surface area contributed by atoms with Crippen molar-refractivity contribution in [1.29, 1.82) is 5.41 Å². The van der Waals surface area contributed by atoms with Gasteiger partial charge < -0.3 is 32.8 Å². The number of aliphatic imine (C=N–C) groups is 1. The third-order valence-corrected chi connectivity index (χ3v) is 5.57. The molecule has 180 valence electrons. The molecule has 1 aromatic carbocycles. The number of aromatic nitrogens is 1. The monoisotopic (exact) mass is 470 g/mol. The van der Waals surface area contributed by atoms with Gasteiger partial charge >= 0.3 is 0 Å². The van der Waals surface area contributed by atoms with Gasteiger partial charge in [-0.15, -0.1) is 0 Å². The maximum atomic E-state index is 11.9. The van der Waals surface area contributed by atoms with Crippen LogP contribution in [-0.4, -0.2) is 41.3 Å². The van der Waals surface area contributed by atoms with Crippen molar-refractivity contribution in [2.45, 2.75) is 13.8 Å². The lowest BCUT2D eigenvalue weighted by molar-refractivity contribution is -0.114. The first-order valence-corrected chi connectivity index (χ1v) is 10.9. The quantitative estimate of drug-likeness (QED) is 0.173. The molecule has 0 bridgehead atoms. The molecule has 0 fully saturated rings. The van der Waals surface area contributed by atoms with E-state index >= 15 is 0 Å². The highest BCUT2D eigenvalue weighted by atomic mass is 16.1. The Bertz CT molecular complexity index is 1300. The third kappa shape index (κ3) is 5.47. The van der Waals surface area contributed by atoms with Crippen LogP contribution in [0.5, 0.6) is 0 Å². The summed E-state index contributed by atoms with van der Waals surface area (Å²) in [5, 5.41) is 11.3. The molecular formula is C26H30N8O. The summed E-state index contributed by atoms with van der Waals surface area (Å²) in [6.45, 7) is 8.13. The van der Waals surface area contributed by atoms with Gasteiger partial charge in [0, 0.05) is 66.0 Å². The summed E-state index contributed by atoms with van der Waals surface area (Å²) < 4.78 is 0. The average Bonchev–Trinajstić information content (AvgIpc) is 2.84. The van der Waals surface area contributed by atoms with E-state index in [1.807, 2.05) is 62.3 Å². The fourth-order valence-electron chi connectivity index (χ4n) is 3.64. The molecule has 1 aliphatic rings. The number of hydrogen-bond donors (Lipinski definition) is 5. The second kappa shape index (κ2) is 10.5. The van der Waals surface area contributed by atoms with Crippen LogP contribution >= 0.6 is 0 Å². The molecule has 0 saturated carbocycles. The lowest BCUT2D eigenvalue weighted by Gasteiger charge is -2.24. The SMILES string of the molecule is C=C(C(N)=O)/C(N)=C(\N=C(C)C1=CN(C)CC=C1Nc1ccccn1)c1c(C)ccc(N)c1C=N. The van der Waals surface area contributed by atoms with Crippen molar-refractivity contribution in [3.05, 3.63) is 94.6 Å². The van der Waals surface area contributed by atoms with Gasteiger partial charge in [-0.3, -0.25) is 9.79 Å². The highest BCUT2D eigenvalue weighted by Gasteiger charge is 2.21. The molecule has 0 unspecified atom stereocenters. The average molecular weight is 471 g/mol. The number of aryl methyl sites for hydroxylation is 1. The number of nitrogens with two attached hydrogens (primary N) is 3. The fraction of sp³-hybridized carbons (Fsp3) is 0.154. The van der Waals surface area contributed by atoms with Gasteiger partial charge in [-0.25, -0.2) is 4.98 Å². The molecule has 1 aliphatic heterocycles. The van der Waals surface area contributed by atoms with E-state index in [2.05, 4.69) is 16.9 Å². The number of carbonyl (C=O) groups excluding carboxylic acids is 1. The van der Waals surface area contributed by atoms with Gasteiger partial charge in [0.1, 0.15) is 5.82 Å². The van der Waals surface area contributed by atoms with Crippen LogP contribution in [0.3, 0.4) is 0 Å². The van der Waals surface area contributed by atoms with Crippen molar-refractivity contribution in [3.8, 4) is 0 Å². The number of allylic oxidation sites excluding steroid dienone is 1. The number of carbonyl (C=O) groups is 1. The number of pyridine rings is 1. The Morgan fingerprint density at radius 3 is 2.66 bits per heavy atom. The molecule has 0 radical (unpaired) electrons. The molecular weight excluding hydrogens is 440 g/mol. The second-order valence-corrected chi connectivity index (χ2v) is 8.15. The van der Waals surface area contributed by atoms with Crippen molar-refractivity contribution >= 4 is 35.0 Å². The number of nitrogens with zero attached hydrogens (tertiary/aromatic N) is 3. The Labute approximate surface area is 204 Å². The van der Waals surface area contributed by atoms with Crippen molar-refractivity contribution in [2.24, 2.45) is 16.5 Å². The summed E-state index contributed by atoms with van der Waals surface area (Å²) in [6.07, 6.45) is 6.85. The van der Waals surface area contributed by atoms with E-state index in [0.29, 0.717) is 34.9 Å². The highest BCUT2D eigenvalue weighted by molar-refractivity contribution is 6.08. The van der Waals surface area contributed by atoms with Crippen LogP contribution in [0.2, 0.25) is 0 Å². The lowest BCUT2D eigenvalue weighted by atomic mass is 9.95. The summed E-state index contributed by atoms with van der Waals surface area (Å²) in [5.74, 6) is -0.0722. The van der Waals surface area contributed by atoms with Crippen LogP contribution < -0.4 is 22.5 Å². The van der Waals surface area contributed by atoms with Gasteiger partial charge in [-0.1, -0.05) is 18.7 Å². The van der Waals surface area contributed by atoms with Crippen molar-refractivity contribution < 1.29 is 4.79 Å². The number of likely N-dealkylation sites (N-methyl/N-ethyl adjacent to an activating group) is 1. The fourth-order valence-corrected chi connectivity index (χ4v) is 3.64. The molecule has 2 heterocycles. The predicted molar refractivity (Wildman–Crippen MR) is 143 cm³/mol.